The minimum absolute atomic E-state index is 0.0170. The first-order chi connectivity index (χ1) is 18.3. The highest BCUT2D eigenvalue weighted by atomic mass is 19.1. The van der Waals surface area contributed by atoms with Crippen LogP contribution >= 0.6 is 0 Å². The third kappa shape index (κ3) is 4.38. The molecule has 38 heavy (non-hydrogen) atoms. The number of rotatable bonds is 4. The van der Waals surface area contributed by atoms with Gasteiger partial charge < -0.3 is 14.3 Å². The van der Waals surface area contributed by atoms with Crippen LogP contribution in [0.15, 0.2) is 59.5 Å². The van der Waals surface area contributed by atoms with Crippen molar-refractivity contribution in [1.29, 1.82) is 5.26 Å². The molecule has 0 radical (unpaired) electrons. The molecule has 8 nitrogen and oxygen atoms in total. The Hall–Kier alpha value is -4.60. The minimum Gasteiger partial charge on any atom is -0.364 e. The molecule has 0 N–H and O–H groups in total. The zero-order chi connectivity index (χ0) is 27.0. The third-order valence-electron chi connectivity index (χ3n) is 7.18. The summed E-state index contributed by atoms with van der Waals surface area (Å²) in [5, 5.41) is 9.96. The maximum Gasteiger partial charge on any atom is 0.271 e. The van der Waals surface area contributed by atoms with Crippen molar-refractivity contribution in [2.45, 2.75) is 25.9 Å². The summed E-state index contributed by atoms with van der Waals surface area (Å²) in [6.07, 6.45) is 1.24. The number of hydrogen-bond donors (Lipinski definition) is 0. The maximum absolute atomic E-state index is 13.7. The highest BCUT2D eigenvalue weighted by Gasteiger charge is 2.35. The standard InChI is InChI=1S/C29H26FN7O/c1-18-5-7-20(8-6-18)27(23-10-9-21(30)16-33-23)37-14-13-36(17-19(37)2)28-22(15-31)29(38)35(4)24-11-12-25(32-3)34-26(24)28/h5-12,16,19,27H,13-14,17H2,1-2,4H3/t19-,27?/m1/s1. The molecule has 0 aliphatic carbocycles. The van der Waals surface area contributed by atoms with E-state index in [4.69, 9.17) is 6.57 Å². The molecule has 190 valence electrons. The Morgan fingerprint density at radius 1 is 1.16 bits per heavy atom. The number of hydrogen-bond acceptors (Lipinski definition) is 6. The lowest BCUT2D eigenvalue weighted by atomic mass is 9.97. The van der Waals surface area contributed by atoms with Crippen LogP contribution in [0.4, 0.5) is 15.9 Å². The highest BCUT2D eigenvalue weighted by molar-refractivity contribution is 5.92. The largest absolute Gasteiger partial charge is 0.364 e. The number of anilines is 1. The summed E-state index contributed by atoms with van der Waals surface area (Å²) in [6, 6.07) is 16.6. The van der Waals surface area contributed by atoms with Gasteiger partial charge in [-0.15, -0.1) is 4.98 Å². The maximum atomic E-state index is 13.7. The fourth-order valence-electron chi connectivity index (χ4n) is 5.24. The molecule has 1 aliphatic heterocycles. The molecule has 0 amide bonds. The van der Waals surface area contributed by atoms with Crippen molar-refractivity contribution in [3.05, 3.63) is 105 Å². The number of piperazine rings is 1. The molecule has 1 unspecified atom stereocenters. The van der Waals surface area contributed by atoms with Crippen LogP contribution in [0, 0.1) is 30.6 Å². The van der Waals surface area contributed by atoms with E-state index in [1.54, 1.807) is 25.2 Å². The van der Waals surface area contributed by atoms with E-state index in [2.05, 4.69) is 57.0 Å². The van der Waals surface area contributed by atoms with Crippen LogP contribution < -0.4 is 10.5 Å². The van der Waals surface area contributed by atoms with Crippen LogP contribution in [0.1, 0.15) is 35.3 Å². The van der Waals surface area contributed by atoms with E-state index in [0.29, 0.717) is 36.4 Å². The minimum atomic E-state index is -0.393. The molecule has 1 fully saturated rings. The predicted molar refractivity (Wildman–Crippen MR) is 144 cm³/mol. The number of pyridine rings is 3. The van der Waals surface area contributed by atoms with E-state index < -0.39 is 5.56 Å². The molecule has 0 saturated carbocycles. The third-order valence-corrected chi connectivity index (χ3v) is 7.18. The van der Waals surface area contributed by atoms with Gasteiger partial charge in [0.2, 0.25) is 5.52 Å². The smallest absolute Gasteiger partial charge is 0.271 e. The zero-order valence-corrected chi connectivity index (χ0v) is 21.4. The molecule has 0 bridgehead atoms. The average molecular weight is 508 g/mol. The number of halogens is 1. The van der Waals surface area contributed by atoms with E-state index in [-0.39, 0.29) is 29.3 Å². The van der Waals surface area contributed by atoms with Crippen molar-refractivity contribution < 1.29 is 4.39 Å². The molecule has 5 rings (SSSR count). The Morgan fingerprint density at radius 2 is 1.92 bits per heavy atom. The molecule has 3 aromatic heterocycles. The van der Waals surface area contributed by atoms with Gasteiger partial charge in [-0.1, -0.05) is 36.4 Å². The SMILES string of the molecule is [C-]#[N+]c1ccc2c(n1)c(N1CCN(C(c3ccc(C)cc3)c3ccc(F)cn3)[C@H](C)C1)c(C#N)c(=O)n2C. The van der Waals surface area contributed by atoms with Crippen molar-refractivity contribution in [3.8, 4) is 6.07 Å². The van der Waals surface area contributed by atoms with Crippen LogP contribution in [0.3, 0.4) is 0 Å². The van der Waals surface area contributed by atoms with Gasteiger partial charge in [-0.2, -0.15) is 5.26 Å². The van der Waals surface area contributed by atoms with Crippen LogP contribution in [0.5, 0.6) is 0 Å². The van der Waals surface area contributed by atoms with Crippen molar-refractivity contribution in [1.82, 2.24) is 19.4 Å². The summed E-state index contributed by atoms with van der Waals surface area (Å²) in [5.41, 5.74) is 4.07. The molecule has 9 heteroatoms. The number of nitriles is 1. The van der Waals surface area contributed by atoms with Gasteiger partial charge in [-0.3, -0.25) is 14.7 Å². The van der Waals surface area contributed by atoms with Crippen molar-refractivity contribution in [2.24, 2.45) is 7.05 Å². The van der Waals surface area contributed by atoms with Crippen LogP contribution in [-0.2, 0) is 7.05 Å². The molecular weight excluding hydrogens is 481 g/mol. The second-order valence-corrected chi connectivity index (χ2v) is 9.60. The summed E-state index contributed by atoms with van der Waals surface area (Å²) in [4.78, 5) is 29.8. The first kappa shape index (κ1) is 25.1. The Morgan fingerprint density at radius 3 is 2.55 bits per heavy atom. The van der Waals surface area contributed by atoms with Gasteiger partial charge in [-0.05, 0) is 43.7 Å². The average Bonchev–Trinajstić information content (AvgIpc) is 2.93. The van der Waals surface area contributed by atoms with Gasteiger partial charge in [0.25, 0.3) is 11.4 Å². The first-order valence-electron chi connectivity index (χ1n) is 12.3. The number of nitrogens with zero attached hydrogens (tertiary/aromatic N) is 7. The molecule has 1 saturated heterocycles. The monoisotopic (exact) mass is 507 g/mol. The second kappa shape index (κ2) is 10.0. The van der Waals surface area contributed by atoms with E-state index in [9.17, 15) is 14.4 Å². The summed E-state index contributed by atoms with van der Waals surface area (Å²) < 4.78 is 15.1. The van der Waals surface area contributed by atoms with Crippen LogP contribution in [0.2, 0.25) is 0 Å². The lowest BCUT2D eigenvalue weighted by Gasteiger charge is -2.44. The van der Waals surface area contributed by atoms with E-state index in [1.807, 2.05) is 11.8 Å². The fraction of sp³-hybridized carbons (Fsp3) is 0.276. The van der Waals surface area contributed by atoms with Gasteiger partial charge in [0.15, 0.2) is 0 Å². The van der Waals surface area contributed by atoms with Gasteiger partial charge in [0, 0.05) is 32.7 Å². The molecule has 4 heterocycles. The molecular formula is C29H26FN7O. The molecule has 2 atom stereocenters. The van der Waals surface area contributed by atoms with E-state index >= 15 is 0 Å². The number of aromatic nitrogens is 3. The molecule has 1 aromatic carbocycles. The summed E-state index contributed by atoms with van der Waals surface area (Å²) in [7, 11) is 1.61. The van der Waals surface area contributed by atoms with E-state index in [0.717, 1.165) is 16.8 Å². The Bertz CT molecular complexity index is 1600. The first-order valence-corrected chi connectivity index (χ1v) is 12.3. The second-order valence-electron chi connectivity index (χ2n) is 9.60. The number of benzene rings is 1. The van der Waals surface area contributed by atoms with Crippen LogP contribution in [0.25, 0.3) is 15.9 Å². The van der Waals surface area contributed by atoms with Gasteiger partial charge in [0.05, 0.1) is 23.4 Å². The van der Waals surface area contributed by atoms with Crippen molar-refractivity contribution in [3.63, 3.8) is 0 Å². The number of fused-ring (bicyclic) bond motifs is 1. The van der Waals surface area contributed by atoms with Gasteiger partial charge in [-0.25, -0.2) is 4.39 Å². The van der Waals surface area contributed by atoms with Gasteiger partial charge in [0.1, 0.15) is 23.1 Å². The van der Waals surface area contributed by atoms with Crippen molar-refractivity contribution in [2.75, 3.05) is 24.5 Å². The quantitative estimate of drug-likeness (QED) is 0.379. The molecule has 1 aliphatic rings. The zero-order valence-electron chi connectivity index (χ0n) is 21.4. The van der Waals surface area contributed by atoms with Crippen molar-refractivity contribution >= 4 is 22.5 Å². The predicted octanol–water partition coefficient (Wildman–Crippen LogP) is 4.50. The molecule has 0 spiro atoms. The molecule has 4 aromatic rings. The number of aryl methyl sites for hydroxylation is 2. The Balaban J connectivity index is 1.56. The normalized spacial score (nSPS) is 16.7. The van der Waals surface area contributed by atoms with E-state index in [1.165, 1.54) is 16.8 Å². The lowest BCUT2D eigenvalue weighted by Crippen LogP contribution is -2.53. The summed E-state index contributed by atoms with van der Waals surface area (Å²) in [5.74, 6) is -0.183. The Kier molecular flexibility index (Phi) is 6.62. The summed E-state index contributed by atoms with van der Waals surface area (Å²) in [6.45, 7) is 13.2. The highest BCUT2D eigenvalue weighted by Crippen LogP contribution is 2.35. The summed E-state index contributed by atoms with van der Waals surface area (Å²) >= 11 is 0. The van der Waals surface area contributed by atoms with Crippen LogP contribution in [-0.4, -0.2) is 45.1 Å². The topological polar surface area (TPSA) is 82.4 Å². The van der Waals surface area contributed by atoms with Gasteiger partial charge >= 0.3 is 0 Å². The Labute approximate surface area is 220 Å². The lowest BCUT2D eigenvalue weighted by molar-refractivity contribution is 0.147. The fourth-order valence-corrected chi connectivity index (χ4v) is 5.24.